The van der Waals surface area contributed by atoms with Crippen molar-refractivity contribution in [1.82, 2.24) is 0 Å². The largest absolute Gasteiger partial charge is 0.370 e. The van der Waals surface area contributed by atoms with E-state index in [0.717, 1.165) is 35.3 Å². The quantitative estimate of drug-likeness (QED) is 0.730. The molecule has 1 aliphatic heterocycles. The van der Waals surface area contributed by atoms with E-state index in [0.29, 0.717) is 5.88 Å². The van der Waals surface area contributed by atoms with Crippen molar-refractivity contribution in [3.05, 3.63) is 28.8 Å². The average Bonchev–Trinajstić information content (AvgIpc) is 2.77. The van der Waals surface area contributed by atoms with Crippen LogP contribution >= 0.6 is 23.2 Å². The van der Waals surface area contributed by atoms with Crippen molar-refractivity contribution in [2.45, 2.75) is 25.6 Å². The standard InChI is InChI=1S/C13H17Cl2N/c1-2-10-5-6-16(9-10)13-4-3-11(8-14)7-12(13)15/h3-4,7,10H,2,5-6,8-9H2,1H3. The van der Waals surface area contributed by atoms with E-state index in [2.05, 4.69) is 24.0 Å². The molecule has 0 aliphatic carbocycles. The van der Waals surface area contributed by atoms with E-state index in [-0.39, 0.29) is 0 Å². The van der Waals surface area contributed by atoms with Gasteiger partial charge in [0.1, 0.15) is 0 Å². The van der Waals surface area contributed by atoms with Gasteiger partial charge in [0.15, 0.2) is 0 Å². The lowest BCUT2D eigenvalue weighted by Crippen LogP contribution is -2.19. The number of halogens is 2. The third kappa shape index (κ3) is 2.46. The summed E-state index contributed by atoms with van der Waals surface area (Å²) in [6, 6.07) is 6.13. The number of benzene rings is 1. The lowest BCUT2D eigenvalue weighted by atomic mass is 10.1. The molecule has 1 unspecified atom stereocenters. The van der Waals surface area contributed by atoms with E-state index in [9.17, 15) is 0 Å². The maximum Gasteiger partial charge on any atom is 0.0642 e. The summed E-state index contributed by atoms with van der Waals surface area (Å²) in [7, 11) is 0. The topological polar surface area (TPSA) is 3.24 Å². The molecular formula is C13H17Cl2N. The second-order valence-corrected chi connectivity index (χ2v) is 5.10. The Morgan fingerprint density at radius 1 is 1.44 bits per heavy atom. The molecule has 1 aromatic carbocycles. The zero-order chi connectivity index (χ0) is 11.5. The molecule has 0 aromatic heterocycles. The van der Waals surface area contributed by atoms with Crippen LogP contribution in [0.3, 0.4) is 0 Å². The van der Waals surface area contributed by atoms with Gasteiger partial charge in [-0.25, -0.2) is 0 Å². The average molecular weight is 258 g/mol. The van der Waals surface area contributed by atoms with Crippen LogP contribution in [-0.2, 0) is 5.88 Å². The van der Waals surface area contributed by atoms with Gasteiger partial charge in [-0.15, -0.1) is 11.6 Å². The lowest BCUT2D eigenvalue weighted by Gasteiger charge is -2.20. The highest BCUT2D eigenvalue weighted by Gasteiger charge is 2.22. The number of rotatable bonds is 3. The van der Waals surface area contributed by atoms with Crippen LogP contribution in [0.5, 0.6) is 0 Å². The zero-order valence-electron chi connectivity index (χ0n) is 9.55. The maximum absolute atomic E-state index is 6.28. The Bertz CT molecular complexity index is 365. The second kappa shape index (κ2) is 5.29. The highest BCUT2D eigenvalue weighted by Crippen LogP contribution is 2.32. The van der Waals surface area contributed by atoms with Crippen LogP contribution in [0.1, 0.15) is 25.3 Å². The molecule has 1 aromatic rings. The lowest BCUT2D eigenvalue weighted by molar-refractivity contribution is 0.569. The smallest absolute Gasteiger partial charge is 0.0642 e. The number of alkyl halides is 1. The van der Waals surface area contributed by atoms with Crippen molar-refractivity contribution < 1.29 is 0 Å². The van der Waals surface area contributed by atoms with Crippen LogP contribution in [0.2, 0.25) is 5.02 Å². The fraction of sp³-hybridized carbons (Fsp3) is 0.538. The van der Waals surface area contributed by atoms with Crippen LogP contribution in [0.4, 0.5) is 5.69 Å². The Kier molecular flexibility index (Phi) is 3.99. The molecule has 1 saturated heterocycles. The fourth-order valence-corrected chi connectivity index (χ4v) is 2.76. The summed E-state index contributed by atoms with van der Waals surface area (Å²) in [6.07, 6.45) is 2.54. The van der Waals surface area contributed by atoms with Crippen LogP contribution < -0.4 is 4.90 Å². The fourth-order valence-electron chi connectivity index (χ4n) is 2.27. The number of anilines is 1. The zero-order valence-corrected chi connectivity index (χ0v) is 11.1. The van der Waals surface area contributed by atoms with E-state index >= 15 is 0 Å². The van der Waals surface area contributed by atoms with Crippen LogP contribution in [0.15, 0.2) is 18.2 Å². The summed E-state index contributed by atoms with van der Waals surface area (Å²) < 4.78 is 0. The Morgan fingerprint density at radius 3 is 2.81 bits per heavy atom. The predicted molar refractivity (Wildman–Crippen MR) is 71.6 cm³/mol. The van der Waals surface area contributed by atoms with Gasteiger partial charge in [-0.1, -0.05) is 31.0 Å². The van der Waals surface area contributed by atoms with E-state index < -0.39 is 0 Å². The van der Waals surface area contributed by atoms with Crippen LogP contribution in [0, 0.1) is 5.92 Å². The van der Waals surface area contributed by atoms with Crippen molar-refractivity contribution >= 4 is 28.9 Å². The van der Waals surface area contributed by atoms with E-state index in [1.165, 1.54) is 12.8 Å². The Morgan fingerprint density at radius 2 is 2.25 bits per heavy atom. The molecule has 3 heteroatoms. The van der Waals surface area contributed by atoms with E-state index in [4.69, 9.17) is 23.2 Å². The minimum absolute atomic E-state index is 0.525. The minimum atomic E-state index is 0.525. The molecule has 1 fully saturated rings. The highest BCUT2D eigenvalue weighted by molar-refractivity contribution is 6.33. The van der Waals surface area contributed by atoms with Gasteiger partial charge in [-0.2, -0.15) is 0 Å². The van der Waals surface area contributed by atoms with Gasteiger partial charge in [0.2, 0.25) is 0 Å². The van der Waals surface area contributed by atoms with Gasteiger partial charge < -0.3 is 4.90 Å². The molecule has 0 N–H and O–H groups in total. The molecular weight excluding hydrogens is 241 g/mol. The van der Waals surface area contributed by atoms with Crippen LogP contribution in [0.25, 0.3) is 0 Å². The first-order valence-electron chi connectivity index (χ1n) is 5.84. The van der Waals surface area contributed by atoms with Crippen molar-refractivity contribution in [2.24, 2.45) is 5.92 Å². The Labute approximate surface area is 107 Å². The number of hydrogen-bond acceptors (Lipinski definition) is 1. The normalized spacial score (nSPS) is 20.4. The SMILES string of the molecule is CCC1CCN(c2ccc(CCl)cc2Cl)C1. The molecule has 0 bridgehead atoms. The van der Waals surface area contributed by atoms with Crippen molar-refractivity contribution in [2.75, 3.05) is 18.0 Å². The molecule has 0 saturated carbocycles. The van der Waals surface area contributed by atoms with E-state index in [1.807, 2.05) is 6.07 Å². The first-order valence-corrected chi connectivity index (χ1v) is 6.75. The molecule has 2 rings (SSSR count). The summed E-state index contributed by atoms with van der Waals surface area (Å²) in [4.78, 5) is 2.38. The number of nitrogens with zero attached hydrogens (tertiary/aromatic N) is 1. The van der Waals surface area contributed by atoms with Crippen LogP contribution in [-0.4, -0.2) is 13.1 Å². The summed E-state index contributed by atoms with van der Waals surface area (Å²) in [5.74, 6) is 1.35. The van der Waals surface area contributed by atoms with Gasteiger partial charge in [0.25, 0.3) is 0 Å². The first-order chi connectivity index (χ1) is 7.74. The summed E-state index contributed by atoms with van der Waals surface area (Å²) in [5, 5.41) is 0.829. The van der Waals surface area contributed by atoms with Gasteiger partial charge in [-0.05, 0) is 30.0 Å². The van der Waals surface area contributed by atoms with Gasteiger partial charge in [0.05, 0.1) is 10.7 Å². The number of hydrogen-bond donors (Lipinski definition) is 0. The summed E-state index contributed by atoms with van der Waals surface area (Å²) in [6.45, 7) is 4.52. The minimum Gasteiger partial charge on any atom is -0.370 e. The maximum atomic E-state index is 6.28. The highest BCUT2D eigenvalue weighted by atomic mass is 35.5. The molecule has 16 heavy (non-hydrogen) atoms. The first kappa shape index (κ1) is 12.1. The second-order valence-electron chi connectivity index (χ2n) is 4.43. The van der Waals surface area contributed by atoms with Gasteiger partial charge in [0, 0.05) is 19.0 Å². The molecule has 1 atom stereocenters. The molecule has 0 amide bonds. The molecule has 0 radical (unpaired) electrons. The Hall–Kier alpha value is -0.400. The summed E-state index contributed by atoms with van der Waals surface area (Å²) >= 11 is 12.1. The monoisotopic (exact) mass is 257 g/mol. The predicted octanol–water partition coefficient (Wildman–Crippen LogP) is 4.32. The Balaban J connectivity index is 2.15. The molecule has 0 spiro atoms. The van der Waals surface area contributed by atoms with Crippen molar-refractivity contribution in [1.29, 1.82) is 0 Å². The molecule has 1 heterocycles. The van der Waals surface area contributed by atoms with Gasteiger partial charge >= 0.3 is 0 Å². The summed E-state index contributed by atoms with van der Waals surface area (Å²) in [5.41, 5.74) is 2.24. The third-order valence-electron chi connectivity index (χ3n) is 3.37. The van der Waals surface area contributed by atoms with E-state index in [1.54, 1.807) is 0 Å². The molecule has 1 nitrogen and oxygen atoms in total. The molecule has 88 valence electrons. The van der Waals surface area contributed by atoms with Crippen molar-refractivity contribution in [3.8, 4) is 0 Å². The molecule has 1 aliphatic rings. The van der Waals surface area contributed by atoms with Crippen molar-refractivity contribution in [3.63, 3.8) is 0 Å². The van der Waals surface area contributed by atoms with Gasteiger partial charge in [-0.3, -0.25) is 0 Å². The third-order valence-corrected chi connectivity index (χ3v) is 3.98.